The molecule has 196 valence electrons. The number of aromatic nitrogens is 2. The van der Waals surface area contributed by atoms with Crippen LogP contribution in [0.4, 0.5) is 5.69 Å². The maximum atomic E-state index is 12.1. The first-order chi connectivity index (χ1) is 18.3. The lowest BCUT2D eigenvalue weighted by Gasteiger charge is -2.17. The quantitative estimate of drug-likeness (QED) is 0.245. The number of nitrogens with zero attached hydrogens (tertiary/aromatic N) is 2. The van der Waals surface area contributed by atoms with E-state index < -0.39 is 11.4 Å². The van der Waals surface area contributed by atoms with Gasteiger partial charge in [-0.25, -0.2) is 9.59 Å². The van der Waals surface area contributed by atoms with Gasteiger partial charge in [-0.05, 0) is 84.0 Å². The van der Waals surface area contributed by atoms with Crippen LogP contribution in [-0.4, -0.2) is 27.6 Å². The second-order valence-corrected chi connectivity index (χ2v) is 9.14. The first kappa shape index (κ1) is 26.6. The fraction of sp³-hybridized carbons (Fsp3) is 0.267. The average molecular weight is 514 g/mol. The number of benzene rings is 3. The van der Waals surface area contributed by atoms with Crippen LogP contribution in [0.2, 0.25) is 0 Å². The maximum Gasteiger partial charge on any atom is 0.454 e. The molecule has 0 bridgehead atoms. The van der Waals surface area contributed by atoms with Crippen LogP contribution in [-0.2, 0) is 13.1 Å². The Morgan fingerprint density at radius 3 is 2.47 bits per heavy atom. The average Bonchev–Trinajstić information content (AvgIpc) is 3.18. The highest BCUT2D eigenvalue weighted by molar-refractivity contribution is 5.73. The highest BCUT2D eigenvalue weighted by Crippen LogP contribution is 2.33. The van der Waals surface area contributed by atoms with Crippen LogP contribution in [0.5, 0.6) is 5.75 Å². The molecule has 4 rings (SSSR count). The minimum absolute atomic E-state index is 0.105. The van der Waals surface area contributed by atoms with Gasteiger partial charge >= 0.3 is 11.4 Å². The molecule has 1 heterocycles. The smallest absolute Gasteiger partial charge is 0.454 e. The molecule has 0 saturated heterocycles. The number of anilines is 1. The third kappa shape index (κ3) is 5.74. The maximum absolute atomic E-state index is 12.1. The van der Waals surface area contributed by atoms with E-state index >= 15 is 0 Å². The summed E-state index contributed by atoms with van der Waals surface area (Å²) in [7, 11) is 0. The Morgan fingerprint density at radius 2 is 1.79 bits per heavy atom. The number of aryl methyl sites for hydroxylation is 2. The SMILES string of the molecule is C#Cn1c(=O)on(Cc2ccc(NCc3cccc(-c4cc(C)c(OCCCO)cc4C)c3C)cc2)c1=O. The van der Waals surface area contributed by atoms with E-state index in [4.69, 9.17) is 20.8 Å². The predicted molar refractivity (Wildman–Crippen MR) is 148 cm³/mol. The number of hydrogen-bond donors (Lipinski definition) is 2. The summed E-state index contributed by atoms with van der Waals surface area (Å²) in [5.41, 5.74) is 7.94. The second-order valence-electron chi connectivity index (χ2n) is 9.14. The summed E-state index contributed by atoms with van der Waals surface area (Å²) < 4.78 is 12.3. The summed E-state index contributed by atoms with van der Waals surface area (Å²) in [4.78, 5) is 23.7. The molecule has 0 saturated carbocycles. The monoisotopic (exact) mass is 513 g/mol. The summed E-state index contributed by atoms with van der Waals surface area (Å²) in [5, 5.41) is 12.5. The van der Waals surface area contributed by atoms with Gasteiger partial charge in [-0.15, -0.1) is 9.31 Å². The zero-order valence-electron chi connectivity index (χ0n) is 21.8. The standard InChI is InChI=1S/C30H31N3O5/c1-5-32-29(35)33(38-30(32)36)19-23-10-12-25(13-11-23)31-18-24-8-6-9-26(22(24)4)27-16-21(3)28(17-20(27)2)37-15-7-14-34/h1,6,8-13,16-17,31,34H,7,14-15,18-19H2,2-4H3. The number of nitrogens with one attached hydrogen (secondary N) is 1. The molecule has 38 heavy (non-hydrogen) atoms. The lowest BCUT2D eigenvalue weighted by Crippen LogP contribution is -2.26. The van der Waals surface area contributed by atoms with E-state index in [1.807, 2.05) is 37.2 Å². The molecule has 1 aromatic heterocycles. The molecular formula is C30H31N3O5. The third-order valence-corrected chi connectivity index (χ3v) is 6.49. The topological polar surface area (TPSA) is 98.6 Å². The van der Waals surface area contributed by atoms with Crippen molar-refractivity contribution >= 4 is 5.69 Å². The summed E-state index contributed by atoms with van der Waals surface area (Å²) >= 11 is 0. The predicted octanol–water partition coefficient (Wildman–Crippen LogP) is 4.06. The molecule has 0 atom stereocenters. The van der Waals surface area contributed by atoms with Gasteiger partial charge in [0.05, 0.1) is 13.2 Å². The van der Waals surface area contributed by atoms with Crippen molar-refractivity contribution in [2.24, 2.45) is 0 Å². The van der Waals surface area contributed by atoms with Crippen LogP contribution >= 0.6 is 0 Å². The lowest BCUT2D eigenvalue weighted by atomic mass is 9.92. The van der Waals surface area contributed by atoms with Gasteiger partial charge in [-0.1, -0.05) is 36.8 Å². The highest BCUT2D eigenvalue weighted by Gasteiger charge is 2.13. The molecule has 0 spiro atoms. The van der Waals surface area contributed by atoms with Gasteiger partial charge in [-0.3, -0.25) is 0 Å². The van der Waals surface area contributed by atoms with Crippen molar-refractivity contribution in [2.75, 3.05) is 18.5 Å². The second kappa shape index (κ2) is 11.7. The van der Waals surface area contributed by atoms with E-state index in [0.29, 0.717) is 24.1 Å². The van der Waals surface area contributed by atoms with Crippen molar-refractivity contribution in [3.63, 3.8) is 0 Å². The summed E-state index contributed by atoms with van der Waals surface area (Å²) in [5.74, 6) is -0.0275. The Kier molecular flexibility index (Phi) is 8.19. The van der Waals surface area contributed by atoms with E-state index in [-0.39, 0.29) is 13.2 Å². The van der Waals surface area contributed by atoms with Gasteiger partial charge < -0.3 is 19.7 Å². The molecule has 8 nitrogen and oxygen atoms in total. The molecule has 4 aromatic rings. The van der Waals surface area contributed by atoms with Gasteiger partial charge in [0, 0.05) is 31.3 Å². The van der Waals surface area contributed by atoms with E-state index in [1.54, 1.807) is 0 Å². The Labute approximate surface area is 221 Å². The molecule has 0 radical (unpaired) electrons. The molecule has 0 unspecified atom stereocenters. The zero-order valence-corrected chi connectivity index (χ0v) is 21.8. The normalized spacial score (nSPS) is 10.8. The molecule has 2 N–H and O–H groups in total. The highest BCUT2D eigenvalue weighted by atomic mass is 16.5. The molecule has 0 aliphatic heterocycles. The minimum Gasteiger partial charge on any atom is -0.493 e. The van der Waals surface area contributed by atoms with Crippen molar-refractivity contribution in [1.29, 1.82) is 0 Å². The molecular weight excluding hydrogens is 482 g/mol. The number of rotatable bonds is 10. The first-order valence-electron chi connectivity index (χ1n) is 12.4. The van der Waals surface area contributed by atoms with Crippen molar-refractivity contribution < 1.29 is 14.4 Å². The molecule has 0 aliphatic rings. The number of terminal acetylenes is 1. The van der Waals surface area contributed by atoms with Crippen LogP contribution in [0.1, 0.15) is 34.2 Å². The Balaban J connectivity index is 1.46. The van der Waals surface area contributed by atoms with Gasteiger partial charge in [0.15, 0.2) is 0 Å². The molecule has 0 amide bonds. The number of ether oxygens (including phenoxy) is 1. The molecule has 0 aliphatic carbocycles. The summed E-state index contributed by atoms with van der Waals surface area (Å²) in [6.07, 6.45) is 5.78. The number of hydrogen-bond acceptors (Lipinski definition) is 6. The van der Waals surface area contributed by atoms with Crippen molar-refractivity contribution in [2.45, 2.75) is 40.3 Å². The third-order valence-electron chi connectivity index (χ3n) is 6.49. The largest absolute Gasteiger partial charge is 0.493 e. The van der Waals surface area contributed by atoms with E-state index in [9.17, 15) is 9.59 Å². The van der Waals surface area contributed by atoms with Gasteiger partial charge in [0.2, 0.25) is 0 Å². The number of aliphatic hydroxyl groups is 1. The fourth-order valence-corrected chi connectivity index (χ4v) is 4.31. The van der Waals surface area contributed by atoms with Crippen molar-refractivity contribution in [3.05, 3.63) is 103 Å². The minimum atomic E-state index is -0.874. The summed E-state index contributed by atoms with van der Waals surface area (Å²) in [6, 6.07) is 20.1. The molecule has 0 fully saturated rings. The van der Waals surface area contributed by atoms with Crippen molar-refractivity contribution in [3.8, 4) is 29.3 Å². The van der Waals surface area contributed by atoms with Crippen LogP contribution in [0, 0.1) is 33.2 Å². The molecule has 3 aromatic carbocycles. The van der Waals surface area contributed by atoms with E-state index in [1.165, 1.54) is 22.3 Å². The Morgan fingerprint density at radius 1 is 1.03 bits per heavy atom. The van der Waals surface area contributed by atoms with E-state index in [0.717, 1.165) is 32.9 Å². The van der Waals surface area contributed by atoms with Gasteiger partial charge in [0.25, 0.3) is 0 Å². The Hall–Kier alpha value is -4.48. The van der Waals surface area contributed by atoms with Gasteiger partial charge in [0.1, 0.15) is 5.75 Å². The Bertz CT molecular complexity index is 1590. The fourth-order valence-electron chi connectivity index (χ4n) is 4.31. The number of aliphatic hydroxyl groups excluding tert-OH is 1. The zero-order chi connectivity index (χ0) is 27.2. The van der Waals surface area contributed by atoms with Crippen LogP contribution in [0.15, 0.2) is 68.7 Å². The van der Waals surface area contributed by atoms with Crippen LogP contribution in [0.3, 0.4) is 0 Å². The van der Waals surface area contributed by atoms with E-state index in [2.05, 4.69) is 49.5 Å². The van der Waals surface area contributed by atoms with Crippen molar-refractivity contribution in [1.82, 2.24) is 9.31 Å². The summed E-state index contributed by atoms with van der Waals surface area (Å²) in [6.45, 7) is 7.60. The van der Waals surface area contributed by atoms with Gasteiger partial charge in [-0.2, -0.15) is 0 Å². The van der Waals surface area contributed by atoms with Crippen LogP contribution in [0.25, 0.3) is 11.1 Å². The lowest BCUT2D eigenvalue weighted by molar-refractivity contribution is 0.233. The van der Waals surface area contributed by atoms with Crippen LogP contribution < -0.4 is 21.5 Å². The molecule has 8 heteroatoms. The first-order valence-corrected chi connectivity index (χ1v) is 12.4.